The van der Waals surface area contributed by atoms with Crippen LogP contribution in [-0.4, -0.2) is 82.1 Å². The topological polar surface area (TPSA) is 84.4 Å². The molecule has 2 saturated heterocycles. The second kappa shape index (κ2) is 13.9. The van der Waals surface area contributed by atoms with Crippen molar-refractivity contribution >= 4 is 97.9 Å². The van der Waals surface area contributed by atoms with Gasteiger partial charge in [-0.15, -0.1) is 0 Å². The lowest BCUT2D eigenvalue weighted by molar-refractivity contribution is -0.145. The maximum absolute atomic E-state index is 13.2. The predicted octanol–water partition coefficient (Wildman–Crippen LogP) is 5.54. The van der Waals surface area contributed by atoms with E-state index >= 15 is 0 Å². The van der Waals surface area contributed by atoms with Gasteiger partial charge < -0.3 is 14.9 Å². The third-order valence-corrected chi connectivity index (χ3v) is 9.53. The van der Waals surface area contributed by atoms with Crippen molar-refractivity contribution in [3.05, 3.63) is 69.5 Å². The second-order valence-corrected chi connectivity index (χ2v) is 13.6. The van der Waals surface area contributed by atoms with Crippen LogP contribution in [0.4, 0.5) is 11.4 Å². The van der Waals surface area contributed by atoms with E-state index in [9.17, 15) is 19.5 Å². The number of aliphatic carboxylic acids is 1. The van der Waals surface area contributed by atoms with Gasteiger partial charge in [-0.25, -0.2) is 4.79 Å². The Morgan fingerprint density at radius 2 is 1.29 bits per heavy atom. The second-order valence-electron chi connectivity index (χ2n) is 10.2. The molecule has 2 aromatic carbocycles. The van der Waals surface area contributed by atoms with Crippen LogP contribution in [0.5, 0.6) is 0 Å². The Bertz CT molecular complexity index is 1450. The molecule has 2 aliphatic rings. The van der Waals surface area contributed by atoms with Gasteiger partial charge in [0.05, 0.1) is 9.81 Å². The third kappa shape index (κ3) is 7.41. The Labute approximate surface area is 265 Å². The van der Waals surface area contributed by atoms with Crippen LogP contribution in [0.2, 0.25) is 0 Å². The monoisotopic (exact) mass is 640 g/mol. The average Bonchev–Trinajstić information content (AvgIpc) is 3.37. The molecule has 2 aliphatic heterocycles. The van der Waals surface area contributed by atoms with E-state index in [1.165, 1.54) is 16.7 Å². The zero-order valence-corrected chi connectivity index (χ0v) is 27.0. The van der Waals surface area contributed by atoms with Crippen LogP contribution in [0.3, 0.4) is 0 Å². The van der Waals surface area contributed by atoms with Gasteiger partial charge in [0, 0.05) is 46.1 Å². The van der Waals surface area contributed by atoms with E-state index in [-0.39, 0.29) is 16.6 Å². The Morgan fingerprint density at radius 1 is 0.810 bits per heavy atom. The van der Waals surface area contributed by atoms with Gasteiger partial charge in [0.1, 0.15) is 14.7 Å². The van der Waals surface area contributed by atoms with E-state index in [1.54, 1.807) is 11.0 Å². The summed E-state index contributed by atoms with van der Waals surface area (Å²) in [5.41, 5.74) is 3.84. The van der Waals surface area contributed by atoms with Gasteiger partial charge in [-0.05, 0) is 66.8 Å². The molecule has 42 heavy (non-hydrogen) atoms. The van der Waals surface area contributed by atoms with Crippen LogP contribution in [0.25, 0.3) is 12.2 Å². The summed E-state index contributed by atoms with van der Waals surface area (Å²) >= 11 is 13.3. The van der Waals surface area contributed by atoms with Crippen molar-refractivity contribution in [3.63, 3.8) is 0 Å². The number of thiocarbonyl (C=S) groups is 2. The van der Waals surface area contributed by atoms with Crippen molar-refractivity contribution in [2.24, 2.45) is 0 Å². The van der Waals surface area contributed by atoms with Gasteiger partial charge in [-0.1, -0.05) is 72.2 Å². The summed E-state index contributed by atoms with van der Waals surface area (Å²) in [6.07, 6.45) is 4.77. The molecule has 0 aromatic heterocycles. The minimum atomic E-state index is -1.11. The molecular weight excluding hydrogens is 609 g/mol. The van der Waals surface area contributed by atoms with Crippen LogP contribution in [0.1, 0.15) is 30.4 Å². The molecule has 4 rings (SSSR count). The fourth-order valence-corrected chi connectivity index (χ4v) is 7.12. The van der Waals surface area contributed by atoms with Crippen LogP contribution < -0.4 is 9.80 Å². The molecule has 12 heteroatoms. The highest BCUT2D eigenvalue weighted by Crippen LogP contribution is 2.36. The first-order chi connectivity index (χ1) is 20.0. The number of amides is 2. The molecule has 1 atom stereocenters. The van der Waals surface area contributed by atoms with E-state index in [1.807, 2.05) is 92.6 Å². The van der Waals surface area contributed by atoms with Gasteiger partial charge >= 0.3 is 5.97 Å². The van der Waals surface area contributed by atoms with Crippen LogP contribution >= 0.6 is 48.0 Å². The number of hydrogen-bond donors (Lipinski definition) is 1. The number of nitrogens with zero attached hydrogens (tertiary/aromatic N) is 4. The van der Waals surface area contributed by atoms with Crippen molar-refractivity contribution in [1.82, 2.24) is 9.80 Å². The zero-order valence-electron chi connectivity index (χ0n) is 23.8. The van der Waals surface area contributed by atoms with Crippen LogP contribution in [0, 0.1) is 0 Å². The van der Waals surface area contributed by atoms with Gasteiger partial charge in [-0.3, -0.25) is 19.4 Å². The molecule has 0 radical (unpaired) electrons. The van der Waals surface area contributed by atoms with Gasteiger partial charge in [-0.2, -0.15) is 0 Å². The van der Waals surface area contributed by atoms with E-state index < -0.39 is 17.9 Å². The molecule has 0 aliphatic carbocycles. The molecular formula is C30H32N4O4S4. The highest BCUT2D eigenvalue weighted by molar-refractivity contribution is 8.27. The van der Waals surface area contributed by atoms with Crippen molar-refractivity contribution in [2.45, 2.75) is 25.3 Å². The first kappa shape index (κ1) is 31.7. The number of anilines is 2. The fourth-order valence-electron chi connectivity index (χ4n) is 4.45. The maximum Gasteiger partial charge on any atom is 0.326 e. The number of rotatable bonds is 11. The molecule has 220 valence electrons. The standard InChI is InChI=1S/C30H32N4O4S4/c1-31(2)21-12-8-19(9-13-21)17-24-26(35)33(29(39)41-24)16-6-5-7-23(28(37)38)34-27(36)25(42-30(34)40)18-20-10-14-22(15-11-20)32(3)4/h8-15,17-18,23H,5-7,16H2,1-4H3,(H,37,38). The lowest BCUT2D eigenvalue weighted by Gasteiger charge is -2.23. The summed E-state index contributed by atoms with van der Waals surface area (Å²) in [6, 6.07) is 14.5. The van der Waals surface area contributed by atoms with E-state index in [4.69, 9.17) is 24.4 Å². The minimum absolute atomic E-state index is 0.155. The van der Waals surface area contributed by atoms with E-state index in [0.717, 1.165) is 34.3 Å². The molecule has 0 bridgehead atoms. The first-order valence-corrected chi connectivity index (χ1v) is 15.7. The highest BCUT2D eigenvalue weighted by Gasteiger charge is 2.40. The predicted molar refractivity (Wildman–Crippen MR) is 182 cm³/mol. The normalized spacial score (nSPS) is 18.0. The smallest absolute Gasteiger partial charge is 0.326 e. The minimum Gasteiger partial charge on any atom is -0.480 e. The molecule has 0 saturated carbocycles. The molecule has 2 amide bonds. The Kier molecular flexibility index (Phi) is 10.5. The molecule has 8 nitrogen and oxygen atoms in total. The summed E-state index contributed by atoms with van der Waals surface area (Å²) in [5, 5.41) is 9.96. The fraction of sp³-hybridized carbons (Fsp3) is 0.300. The molecule has 2 aromatic rings. The summed E-state index contributed by atoms with van der Waals surface area (Å²) < 4.78 is 0.705. The van der Waals surface area contributed by atoms with Gasteiger partial charge in [0.25, 0.3) is 11.8 Å². The highest BCUT2D eigenvalue weighted by atomic mass is 32.2. The Morgan fingerprint density at radius 3 is 1.76 bits per heavy atom. The summed E-state index contributed by atoms with van der Waals surface area (Å²) in [6.45, 7) is 0.370. The van der Waals surface area contributed by atoms with Gasteiger partial charge in [0.15, 0.2) is 0 Å². The molecule has 0 spiro atoms. The van der Waals surface area contributed by atoms with Crippen LogP contribution in [-0.2, 0) is 14.4 Å². The molecule has 2 heterocycles. The van der Waals surface area contributed by atoms with Gasteiger partial charge in [0.2, 0.25) is 0 Å². The lowest BCUT2D eigenvalue weighted by Crippen LogP contribution is -2.44. The molecule has 1 unspecified atom stereocenters. The Balaban J connectivity index is 1.34. The summed E-state index contributed by atoms with van der Waals surface area (Å²) in [4.78, 5) is 46.1. The van der Waals surface area contributed by atoms with Crippen molar-refractivity contribution < 1.29 is 19.5 Å². The summed E-state index contributed by atoms with van der Waals surface area (Å²) in [5.74, 6) is -1.68. The quantitative estimate of drug-likeness (QED) is 0.192. The number of hydrogen-bond acceptors (Lipinski definition) is 9. The zero-order chi connectivity index (χ0) is 30.6. The first-order valence-electron chi connectivity index (χ1n) is 13.3. The van der Waals surface area contributed by atoms with Crippen LogP contribution in [0.15, 0.2) is 58.3 Å². The number of unbranched alkanes of at least 4 members (excludes halogenated alkanes) is 1. The summed E-state index contributed by atoms with van der Waals surface area (Å²) in [7, 11) is 7.83. The molecule has 1 N–H and O–H groups in total. The number of carbonyl (C=O) groups excluding carboxylic acids is 2. The SMILES string of the molecule is CN(C)c1ccc(C=C2SC(=S)N(CCCCC(C(=O)O)N3C(=O)C(=Cc4ccc(N(C)C)cc4)SC3=S)C2=O)cc1. The number of carboxylic acids is 1. The lowest BCUT2D eigenvalue weighted by atomic mass is 10.1. The third-order valence-electron chi connectivity index (χ3n) is 6.82. The average molecular weight is 641 g/mol. The number of carbonyl (C=O) groups is 3. The number of carboxylic acid groups (broad SMARTS) is 1. The van der Waals surface area contributed by atoms with E-state index in [2.05, 4.69) is 0 Å². The number of benzene rings is 2. The van der Waals surface area contributed by atoms with Crippen molar-refractivity contribution in [1.29, 1.82) is 0 Å². The largest absolute Gasteiger partial charge is 0.480 e. The van der Waals surface area contributed by atoms with Crippen molar-refractivity contribution in [3.8, 4) is 0 Å². The Hall–Kier alpha value is -3.19. The molecule has 2 fully saturated rings. The van der Waals surface area contributed by atoms with E-state index in [0.29, 0.717) is 33.5 Å². The maximum atomic E-state index is 13.2. The van der Waals surface area contributed by atoms with Crippen molar-refractivity contribution in [2.75, 3.05) is 44.5 Å². The number of thioether (sulfide) groups is 2.